The third-order valence-corrected chi connectivity index (χ3v) is 4.85. The summed E-state index contributed by atoms with van der Waals surface area (Å²) in [6.07, 6.45) is 1.86. The van der Waals surface area contributed by atoms with Crippen LogP contribution in [0.3, 0.4) is 0 Å². The second-order valence-electron chi connectivity index (χ2n) is 5.66. The first-order valence-electron chi connectivity index (χ1n) is 8.30. The van der Waals surface area contributed by atoms with Crippen LogP contribution in [0.1, 0.15) is 18.1 Å². The fraction of sp³-hybridized carbons (Fsp3) is 0.143. The number of aryl methyl sites for hydroxylation is 1. The molecule has 0 aromatic heterocycles. The van der Waals surface area contributed by atoms with Crippen LogP contribution in [-0.4, -0.2) is 22.7 Å². The van der Waals surface area contributed by atoms with Gasteiger partial charge in [0.2, 0.25) is 0 Å². The van der Waals surface area contributed by atoms with Gasteiger partial charge in [-0.15, -0.1) is 0 Å². The van der Waals surface area contributed by atoms with E-state index in [1.165, 1.54) is 11.8 Å². The van der Waals surface area contributed by atoms with Crippen molar-refractivity contribution in [1.82, 2.24) is 0 Å². The molecule has 0 unspecified atom stereocenters. The number of esters is 1. The quantitative estimate of drug-likeness (QED) is 0.758. The predicted molar refractivity (Wildman–Crippen MR) is 107 cm³/mol. The minimum absolute atomic E-state index is 0.0913. The lowest BCUT2D eigenvalue weighted by molar-refractivity contribution is -0.138. The highest BCUT2D eigenvalue weighted by Crippen LogP contribution is 2.40. The summed E-state index contributed by atoms with van der Waals surface area (Å²) < 4.78 is 5.11. The Labute approximate surface area is 156 Å². The zero-order chi connectivity index (χ0) is 18.5. The van der Waals surface area contributed by atoms with E-state index in [1.54, 1.807) is 6.92 Å². The SMILES string of the molecule is CCOC(=O)C1=C(O)/C(=C/c2ccccc2C)SC1=Nc1ccccc1. The molecule has 0 atom stereocenters. The third-order valence-electron chi connectivity index (χ3n) is 3.83. The lowest BCUT2D eigenvalue weighted by Gasteiger charge is -2.03. The summed E-state index contributed by atoms with van der Waals surface area (Å²) in [5.74, 6) is -0.660. The monoisotopic (exact) mass is 365 g/mol. The lowest BCUT2D eigenvalue weighted by Crippen LogP contribution is -2.12. The minimum atomic E-state index is -0.569. The van der Waals surface area contributed by atoms with Gasteiger partial charge in [-0.1, -0.05) is 54.2 Å². The molecule has 2 aromatic rings. The van der Waals surface area contributed by atoms with Gasteiger partial charge < -0.3 is 9.84 Å². The number of aliphatic hydroxyl groups excluding tert-OH is 1. The number of aliphatic hydroxyl groups is 1. The molecular weight excluding hydrogens is 346 g/mol. The molecule has 0 amide bonds. The maximum atomic E-state index is 12.4. The molecule has 4 nitrogen and oxygen atoms in total. The van der Waals surface area contributed by atoms with Crippen LogP contribution in [0.25, 0.3) is 6.08 Å². The van der Waals surface area contributed by atoms with Crippen molar-refractivity contribution in [3.8, 4) is 0 Å². The Kier molecular flexibility index (Phi) is 5.58. The van der Waals surface area contributed by atoms with Gasteiger partial charge in [0.25, 0.3) is 0 Å². The average molecular weight is 365 g/mol. The summed E-state index contributed by atoms with van der Waals surface area (Å²) >= 11 is 1.27. The Hall–Kier alpha value is -2.79. The van der Waals surface area contributed by atoms with Crippen LogP contribution < -0.4 is 0 Å². The smallest absolute Gasteiger partial charge is 0.344 e. The number of rotatable bonds is 4. The van der Waals surface area contributed by atoms with E-state index in [0.717, 1.165) is 11.1 Å². The molecule has 0 saturated carbocycles. The van der Waals surface area contributed by atoms with Crippen LogP contribution in [0.15, 0.2) is 75.8 Å². The first kappa shape index (κ1) is 18.0. The number of hydrogen-bond acceptors (Lipinski definition) is 5. The van der Waals surface area contributed by atoms with Crippen LogP contribution in [0.5, 0.6) is 0 Å². The molecule has 132 valence electrons. The van der Waals surface area contributed by atoms with Gasteiger partial charge in [-0.25, -0.2) is 9.79 Å². The third kappa shape index (κ3) is 3.89. The van der Waals surface area contributed by atoms with E-state index in [1.807, 2.05) is 67.6 Å². The van der Waals surface area contributed by atoms with E-state index in [4.69, 9.17) is 4.74 Å². The molecule has 3 rings (SSSR count). The molecule has 0 fully saturated rings. The number of aliphatic imine (C=N–C) groups is 1. The zero-order valence-electron chi connectivity index (χ0n) is 14.6. The van der Waals surface area contributed by atoms with Crippen molar-refractivity contribution in [3.63, 3.8) is 0 Å². The van der Waals surface area contributed by atoms with Crippen LogP contribution in [0, 0.1) is 6.92 Å². The van der Waals surface area contributed by atoms with Gasteiger partial charge in [-0.2, -0.15) is 0 Å². The number of para-hydroxylation sites is 1. The maximum absolute atomic E-state index is 12.4. The van der Waals surface area contributed by atoms with Crippen LogP contribution in [0.4, 0.5) is 5.69 Å². The highest BCUT2D eigenvalue weighted by molar-refractivity contribution is 8.18. The first-order chi connectivity index (χ1) is 12.6. The van der Waals surface area contributed by atoms with Crippen molar-refractivity contribution >= 4 is 34.5 Å². The summed E-state index contributed by atoms with van der Waals surface area (Å²) in [5, 5.41) is 11.1. The van der Waals surface area contributed by atoms with E-state index in [9.17, 15) is 9.90 Å². The van der Waals surface area contributed by atoms with E-state index in [2.05, 4.69) is 4.99 Å². The van der Waals surface area contributed by atoms with Crippen LogP contribution >= 0.6 is 11.8 Å². The molecule has 0 aliphatic carbocycles. The molecular formula is C21H19NO3S. The number of carbonyl (C=O) groups is 1. The Morgan fingerprint density at radius 2 is 1.85 bits per heavy atom. The Bertz CT molecular complexity index is 914. The Morgan fingerprint density at radius 3 is 2.54 bits per heavy atom. The molecule has 26 heavy (non-hydrogen) atoms. The summed E-state index contributed by atoms with van der Waals surface area (Å²) in [6, 6.07) is 17.2. The van der Waals surface area contributed by atoms with E-state index in [-0.39, 0.29) is 17.9 Å². The molecule has 5 heteroatoms. The highest BCUT2D eigenvalue weighted by Gasteiger charge is 2.33. The van der Waals surface area contributed by atoms with Crippen LogP contribution in [0.2, 0.25) is 0 Å². The number of ether oxygens (including phenoxy) is 1. The van der Waals surface area contributed by atoms with Crippen molar-refractivity contribution in [2.24, 2.45) is 4.99 Å². The van der Waals surface area contributed by atoms with E-state index in [0.29, 0.717) is 15.6 Å². The fourth-order valence-electron chi connectivity index (χ4n) is 2.50. The zero-order valence-corrected chi connectivity index (χ0v) is 15.4. The van der Waals surface area contributed by atoms with Gasteiger partial charge in [0, 0.05) is 0 Å². The van der Waals surface area contributed by atoms with Gasteiger partial charge in [-0.3, -0.25) is 0 Å². The van der Waals surface area contributed by atoms with Gasteiger partial charge >= 0.3 is 5.97 Å². The summed E-state index contributed by atoms with van der Waals surface area (Å²) in [7, 11) is 0. The molecule has 0 bridgehead atoms. The van der Waals surface area contributed by atoms with Crippen molar-refractivity contribution in [2.45, 2.75) is 13.8 Å². The Morgan fingerprint density at radius 1 is 1.15 bits per heavy atom. The second kappa shape index (κ2) is 8.06. The van der Waals surface area contributed by atoms with Gasteiger partial charge in [0.05, 0.1) is 17.2 Å². The van der Waals surface area contributed by atoms with Crippen LogP contribution in [-0.2, 0) is 9.53 Å². The number of nitrogens with zero attached hydrogens (tertiary/aromatic N) is 1. The normalized spacial score (nSPS) is 17.2. The maximum Gasteiger partial charge on any atom is 0.344 e. The molecule has 0 radical (unpaired) electrons. The number of thioether (sulfide) groups is 1. The molecule has 1 aliphatic heterocycles. The second-order valence-corrected chi connectivity index (χ2v) is 6.69. The summed E-state index contributed by atoms with van der Waals surface area (Å²) in [5.41, 5.74) is 2.88. The van der Waals surface area contributed by atoms with Crippen molar-refractivity contribution in [1.29, 1.82) is 0 Å². The first-order valence-corrected chi connectivity index (χ1v) is 9.11. The molecule has 0 saturated heterocycles. The van der Waals surface area contributed by atoms with Gasteiger partial charge in [-0.05, 0) is 43.2 Å². The van der Waals surface area contributed by atoms with Crippen molar-refractivity contribution < 1.29 is 14.6 Å². The van der Waals surface area contributed by atoms with Crippen molar-refractivity contribution in [3.05, 3.63) is 82.0 Å². The Balaban J connectivity index is 2.06. The molecule has 1 N–H and O–H groups in total. The lowest BCUT2D eigenvalue weighted by atomic mass is 10.1. The number of carbonyl (C=O) groups excluding carboxylic acids is 1. The van der Waals surface area contributed by atoms with Crippen molar-refractivity contribution in [2.75, 3.05) is 6.61 Å². The van der Waals surface area contributed by atoms with E-state index < -0.39 is 5.97 Å². The molecule has 1 aliphatic rings. The van der Waals surface area contributed by atoms with Gasteiger partial charge in [0.15, 0.2) is 0 Å². The largest absolute Gasteiger partial charge is 0.506 e. The molecule has 1 heterocycles. The number of hydrogen-bond donors (Lipinski definition) is 1. The predicted octanol–water partition coefficient (Wildman–Crippen LogP) is 5.19. The standard InChI is InChI=1S/C21H19NO3S/c1-3-25-21(24)18-19(23)17(13-15-10-8-7-9-14(15)2)26-20(18)22-16-11-5-4-6-12-16/h4-13,23H,3H2,1-2H3/b17-13-,22-20?. The topological polar surface area (TPSA) is 58.9 Å². The molecule has 2 aromatic carbocycles. The molecule has 0 spiro atoms. The average Bonchev–Trinajstić information content (AvgIpc) is 2.93. The summed E-state index contributed by atoms with van der Waals surface area (Å²) in [4.78, 5) is 17.5. The van der Waals surface area contributed by atoms with E-state index >= 15 is 0 Å². The van der Waals surface area contributed by atoms with Gasteiger partial charge in [0.1, 0.15) is 16.4 Å². The fourth-order valence-corrected chi connectivity index (χ4v) is 3.53. The highest BCUT2D eigenvalue weighted by atomic mass is 32.2. The summed E-state index contributed by atoms with van der Waals surface area (Å²) in [6.45, 7) is 3.96. The minimum Gasteiger partial charge on any atom is -0.506 e. The number of benzene rings is 2.